The normalized spacial score (nSPS) is 26.0. The van der Waals surface area contributed by atoms with E-state index in [1.165, 1.54) is 12.7 Å². The number of rotatable bonds is 15. The first kappa shape index (κ1) is 26.4. The topological polar surface area (TPSA) is 52.6 Å². The quantitative estimate of drug-likeness (QED) is 0.126. The van der Waals surface area contributed by atoms with E-state index in [1.54, 1.807) is 0 Å². The van der Waals surface area contributed by atoms with Gasteiger partial charge in [0.25, 0.3) is 0 Å². The van der Waals surface area contributed by atoms with E-state index in [0.29, 0.717) is 24.7 Å². The first-order chi connectivity index (χ1) is 16.6. The minimum Gasteiger partial charge on any atom is -0.469 e. The third kappa shape index (κ3) is 7.40. The van der Waals surface area contributed by atoms with Crippen LogP contribution in [0.3, 0.4) is 0 Å². The zero-order chi connectivity index (χ0) is 24.2. The monoisotopic (exact) mass is 466 g/mol. The Labute approximate surface area is 205 Å². The number of unbranched alkanes of at least 4 members (excludes halogenated alkanes) is 3. The predicted molar refractivity (Wildman–Crippen MR) is 136 cm³/mol. The second-order valence-electron chi connectivity index (χ2n) is 10.0. The maximum Gasteiger partial charge on any atom is 0.305 e. The molecule has 1 saturated carbocycles. The van der Waals surface area contributed by atoms with Crippen molar-refractivity contribution in [1.29, 1.82) is 0 Å². The summed E-state index contributed by atoms with van der Waals surface area (Å²) in [6.45, 7) is 2.98. The van der Waals surface area contributed by atoms with Crippen molar-refractivity contribution >= 4 is 11.8 Å². The molecule has 0 unspecified atom stereocenters. The van der Waals surface area contributed by atoms with Crippen LogP contribution < -0.4 is 0 Å². The lowest BCUT2D eigenvalue weighted by Crippen LogP contribution is -2.36. The second kappa shape index (κ2) is 13.6. The number of ketones is 1. The number of carbonyl (C=O) groups is 2. The number of hydrogen-bond donors (Lipinski definition) is 0. The summed E-state index contributed by atoms with van der Waals surface area (Å²) in [6.07, 6.45) is 19.0. The second-order valence-corrected chi connectivity index (χ2v) is 10.0. The number of esters is 1. The number of fused-ring (bicyclic) bond motifs is 2. The molecule has 2 fully saturated rings. The van der Waals surface area contributed by atoms with Crippen molar-refractivity contribution in [2.75, 3.05) is 13.7 Å². The fourth-order valence-electron chi connectivity index (χ4n) is 5.71. The highest BCUT2D eigenvalue weighted by molar-refractivity contribution is 5.89. The lowest BCUT2D eigenvalue weighted by molar-refractivity contribution is -0.140. The molecule has 1 heterocycles. The van der Waals surface area contributed by atoms with Crippen LogP contribution in [0.25, 0.3) is 0 Å². The Morgan fingerprint density at radius 3 is 2.71 bits per heavy atom. The van der Waals surface area contributed by atoms with E-state index >= 15 is 0 Å². The minimum atomic E-state index is -0.146. The molecule has 2 bridgehead atoms. The maximum atomic E-state index is 12.4. The van der Waals surface area contributed by atoms with E-state index in [1.807, 2.05) is 6.08 Å². The molecule has 4 nitrogen and oxygen atoms in total. The van der Waals surface area contributed by atoms with Crippen LogP contribution in [-0.4, -0.2) is 31.6 Å². The molecule has 0 amide bonds. The smallest absolute Gasteiger partial charge is 0.305 e. The molecule has 0 aromatic heterocycles. The van der Waals surface area contributed by atoms with Crippen LogP contribution in [0, 0.1) is 17.3 Å². The van der Waals surface area contributed by atoms with Crippen LogP contribution in [0.1, 0.15) is 76.7 Å². The molecule has 0 N–H and O–H groups in total. The molecular weight excluding hydrogens is 424 g/mol. The van der Waals surface area contributed by atoms with Gasteiger partial charge in [-0.1, -0.05) is 68.3 Å². The minimum absolute atomic E-state index is 0.146. The average molecular weight is 467 g/mol. The molecule has 34 heavy (non-hydrogen) atoms. The van der Waals surface area contributed by atoms with Gasteiger partial charge >= 0.3 is 5.97 Å². The lowest BCUT2D eigenvalue weighted by Gasteiger charge is -2.38. The van der Waals surface area contributed by atoms with Gasteiger partial charge in [-0.3, -0.25) is 9.59 Å². The molecule has 186 valence electrons. The fraction of sp³-hybridized carbons (Fsp3) is 0.600. The molecule has 2 aliphatic rings. The summed E-state index contributed by atoms with van der Waals surface area (Å²) in [7, 11) is 1.44. The number of allylic oxidation sites excluding steroid dienone is 3. The summed E-state index contributed by atoms with van der Waals surface area (Å²) < 4.78 is 11.0. The summed E-state index contributed by atoms with van der Waals surface area (Å²) in [5, 5.41) is 0. The molecule has 1 aliphatic carbocycles. The molecule has 0 radical (unpaired) electrons. The van der Waals surface area contributed by atoms with Crippen molar-refractivity contribution in [2.45, 2.75) is 83.7 Å². The Morgan fingerprint density at radius 1 is 1.12 bits per heavy atom. The van der Waals surface area contributed by atoms with E-state index in [0.717, 1.165) is 64.4 Å². The van der Waals surface area contributed by atoms with E-state index < -0.39 is 0 Å². The summed E-state index contributed by atoms with van der Waals surface area (Å²) in [6, 6.07) is 10.7. The Morgan fingerprint density at radius 2 is 1.94 bits per heavy atom. The van der Waals surface area contributed by atoms with Crippen molar-refractivity contribution in [2.24, 2.45) is 17.3 Å². The Kier molecular flexibility index (Phi) is 10.6. The number of hydrogen-bond acceptors (Lipinski definition) is 4. The molecular formula is C30H42O4. The number of carbonyl (C=O) groups excluding carboxylic acids is 2. The van der Waals surface area contributed by atoms with E-state index in [4.69, 9.17) is 9.47 Å². The van der Waals surface area contributed by atoms with Gasteiger partial charge in [0.2, 0.25) is 0 Å². The third-order valence-electron chi connectivity index (χ3n) is 7.69. The Hall–Kier alpha value is -2.20. The molecule has 4 atom stereocenters. The van der Waals surface area contributed by atoms with E-state index in [2.05, 4.69) is 55.5 Å². The van der Waals surface area contributed by atoms with Gasteiger partial charge in [-0.15, -0.1) is 0 Å². The van der Waals surface area contributed by atoms with Gasteiger partial charge in [0, 0.05) is 24.2 Å². The molecule has 1 saturated heterocycles. The largest absolute Gasteiger partial charge is 0.469 e. The average Bonchev–Trinajstić information content (AvgIpc) is 3.41. The highest BCUT2D eigenvalue weighted by Gasteiger charge is 2.56. The summed E-state index contributed by atoms with van der Waals surface area (Å²) >= 11 is 0. The molecule has 1 aromatic carbocycles. The Bertz CT molecular complexity index is 827. The standard InChI is InChI=1S/C30H42O4/c1-3-4-8-15-25(31)18-19-26-27(16-11-5-6-12-17-29(32)33-2)30(22-28(26)34-23-30)21-20-24-13-9-7-10-14-24/h5,7,9-11,13-14,18-19,26-28H,3-4,6,8,12,15-17,20-23H2,1-2H3/t26-,27-,28-,30-/m1/s1. The molecule has 1 aromatic rings. The van der Waals surface area contributed by atoms with Gasteiger partial charge in [0.05, 0.1) is 19.8 Å². The predicted octanol–water partition coefficient (Wildman–Crippen LogP) is 6.64. The SMILES string of the molecule is CCCCCC(=O)C=C[C@@H]1[C@@H](CC=CCCCC(=O)OC)[C@@]2(CCc3ccccc3)CO[C@@H]1C2. The van der Waals surface area contributed by atoms with Gasteiger partial charge in [0.15, 0.2) is 5.78 Å². The van der Waals surface area contributed by atoms with Gasteiger partial charge in [-0.25, -0.2) is 0 Å². The first-order valence-electron chi connectivity index (χ1n) is 13.2. The van der Waals surface area contributed by atoms with Gasteiger partial charge < -0.3 is 9.47 Å². The molecule has 0 spiro atoms. The number of benzene rings is 1. The highest BCUT2D eigenvalue weighted by atomic mass is 16.5. The maximum absolute atomic E-state index is 12.4. The van der Waals surface area contributed by atoms with Crippen LogP contribution in [-0.2, 0) is 25.5 Å². The number of methoxy groups -OCH3 is 1. The van der Waals surface area contributed by atoms with Crippen LogP contribution in [0.5, 0.6) is 0 Å². The molecule has 3 rings (SSSR count). The lowest BCUT2D eigenvalue weighted by atomic mass is 9.70. The first-order valence-corrected chi connectivity index (χ1v) is 13.2. The summed E-state index contributed by atoms with van der Waals surface area (Å²) in [5.41, 5.74) is 1.54. The van der Waals surface area contributed by atoms with Crippen LogP contribution in [0.4, 0.5) is 0 Å². The van der Waals surface area contributed by atoms with Crippen LogP contribution in [0.15, 0.2) is 54.6 Å². The summed E-state index contributed by atoms with van der Waals surface area (Å²) in [5.74, 6) is 0.866. The highest BCUT2D eigenvalue weighted by Crippen LogP contribution is 2.58. The number of ether oxygens (including phenoxy) is 2. The van der Waals surface area contributed by atoms with Crippen molar-refractivity contribution in [3.63, 3.8) is 0 Å². The molecule has 1 aliphatic heterocycles. The zero-order valence-electron chi connectivity index (χ0n) is 21.0. The third-order valence-corrected chi connectivity index (χ3v) is 7.69. The van der Waals surface area contributed by atoms with Gasteiger partial charge in [-0.2, -0.15) is 0 Å². The van der Waals surface area contributed by atoms with E-state index in [9.17, 15) is 9.59 Å². The Balaban J connectivity index is 1.65. The van der Waals surface area contributed by atoms with Crippen molar-refractivity contribution in [1.82, 2.24) is 0 Å². The fourth-order valence-corrected chi connectivity index (χ4v) is 5.71. The van der Waals surface area contributed by atoms with Crippen LogP contribution in [0.2, 0.25) is 0 Å². The van der Waals surface area contributed by atoms with Crippen molar-refractivity contribution < 1.29 is 19.1 Å². The zero-order valence-corrected chi connectivity index (χ0v) is 21.0. The van der Waals surface area contributed by atoms with Gasteiger partial charge in [0.1, 0.15) is 0 Å². The van der Waals surface area contributed by atoms with Crippen molar-refractivity contribution in [3.05, 3.63) is 60.2 Å². The summed E-state index contributed by atoms with van der Waals surface area (Å²) in [4.78, 5) is 23.7. The van der Waals surface area contributed by atoms with E-state index in [-0.39, 0.29) is 23.3 Å². The van der Waals surface area contributed by atoms with Crippen LogP contribution >= 0.6 is 0 Å². The van der Waals surface area contributed by atoms with Crippen molar-refractivity contribution in [3.8, 4) is 0 Å². The van der Waals surface area contributed by atoms with Gasteiger partial charge in [-0.05, 0) is 62.5 Å². The number of aryl methyl sites for hydroxylation is 1. The molecule has 4 heteroatoms.